The number of carbonyl (C=O) groups is 1. The van der Waals surface area contributed by atoms with E-state index >= 15 is 0 Å². The number of rotatable bonds is 4. The first kappa shape index (κ1) is 16.3. The molecule has 4 rings (SSSR count). The molecule has 25 heavy (non-hydrogen) atoms. The van der Waals surface area contributed by atoms with E-state index in [1.54, 1.807) is 24.3 Å². The van der Waals surface area contributed by atoms with Crippen LogP contribution in [-0.4, -0.2) is 28.1 Å². The van der Waals surface area contributed by atoms with Crippen LogP contribution >= 0.6 is 0 Å². The molecule has 3 unspecified atom stereocenters. The highest BCUT2D eigenvalue weighted by atomic mass is 19.1. The number of benzene rings is 1. The highest BCUT2D eigenvalue weighted by Gasteiger charge is 2.45. The van der Waals surface area contributed by atoms with Gasteiger partial charge >= 0.3 is 5.97 Å². The van der Waals surface area contributed by atoms with Crippen LogP contribution in [0, 0.1) is 11.7 Å². The van der Waals surface area contributed by atoms with Crippen molar-refractivity contribution in [2.75, 3.05) is 0 Å². The van der Waals surface area contributed by atoms with Crippen LogP contribution in [0.15, 0.2) is 40.8 Å². The molecule has 1 saturated heterocycles. The Morgan fingerprint density at radius 3 is 2.80 bits per heavy atom. The van der Waals surface area contributed by atoms with E-state index < -0.39 is 12.0 Å². The van der Waals surface area contributed by atoms with Gasteiger partial charge in [-0.05, 0) is 49.4 Å². The number of fused-ring (bicyclic) bond motifs is 1. The lowest BCUT2D eigenvalue weighted by Crippen LogP contribution is -2.41. The second kappa shape index (κ2) is 6.64. The Kier molecular flexibility index (Phi) is 4.34. The van der Waals surface area contributed by atoms with Crippen LogP contribution < -0.4 is 0 Å². The molecule has 1 saturated carbocycles. The minimum absolute atomic E-state index is 0.317. The lowest BCUT2D eigenvalue weighted by atomic mass is 9.85. The van der Waals surface area contributed by atoms with Crippen LogP contribution in [-0.2, 0) is 11.3 Å². The van der Waals surface area contributed by atoms with E-state index in [2.05, 4.69) is 4.90 Å². The molecule has 5 heteroatoms. The minimum atomic E-state index is -0.754. The van der Waals surface area contributed by atoms with E-state index in [9.17, 15) is 14.3 Å². The number of aliphatic carboxylic acids is 1. The van der Waals surface area contributed by atoms with Crippen molar-refractivity contribution in [2.24, 2.45) is 5.92 Å². The zero-order chi connectivity index (χ0) is 17.4. The summed E-state index contributed by atoms with van der Waals surface area (Å²) in [6, 6.07) is 9.97. The van der Waals surface area contributed by atoms with Crippen molar-refractivity contribution in [1.29, 1.82) is 0 Å². The second-order valence-corrected chi connectivity index (χ2v) is 7.12. The van der Waals surface area contributed by atoms with Crippen molar-refractivity contribution < 1.29 is 18.7 Å². The summed E-state index contributed by atoms with van der Waals surface area (Å²) in [5.74, 6) is 0.571. The highest BCUT2D eigenvalue weighted by molar-refractivity contribution is 5.74. The van der Waals surface area contributed by atoms with Crippen molar-refractivity contribution >= 4 is 5.97 Å². The summed E-state index contributed by atoms with van der Waals surface area (Å²) in [6.45, 7) is 0.465. The summed E-state index contributed by atoms with van der Waals surface area (Å²) in [5.41, 5.74) is 0.431. The Hall–Kier alpha value is -2.14. The molecule has 2 aromatic rings. The van der Waals surface area contributed by atoms with Gasteiger partial charge in [-0.3, -0.25) is 9.69 Å². The van der Waals surface area contributed by atoms with Gasteiger partial charge in [-0.2, -0.15) is 0 Å². The van der Waals surface area contributed by atoms with Gasteiger partial charge in [0.1, 0.15) is 23.4 Å². The predicted octanol–water partition coefficient (Wildman–Crippen LogP) is 4.30. The first-order chi connectivity index (χ1) is 12.1. The van der Waals surface area contributed by atoms with Gasteiger partial charge in [0.15, 0.2) is 0 Å². The molecule has 3 atom stereocenters. The van der Waals surface area contributed by atoms with E-state index in [1.165, 1.54) is 12.5 Å². The third-order valence-electron chi connectivity index (χ3n) is 5.65. The van der Waals surface area contributed by atoms with E-state index in [-0.39, 0.29) is 5.82 Å². The summed E-state index contributed by atoms with van der Waals surface area (Å²) in [6.07, 6.45) is 5.24. The van der Waals surface area contributed by atoms with Crippen LogP contribution in [0.25, 0.3) is 11.3 Å². The zero-order valence-corrected chi connectivity index (χ0v) is 14.0. The molecule has 0 radical (unpaired) electrons. The summed E-state index contributed by atoms with van der Waals surface area (Å²) in [4.78, 5) is 13.8. The van der Waals surface area contributed by atoms with Crippen LogP contribution in [0.2, 0.25) is 0 Å². The maximum absolute atomic E-state index is 13.9. The summed E-state index contributed by atoms with van der Waals surface area (Å²) in [7, 11) is 0. The molecular formula is C20H22FNO3. The maximum Gasteiger partial charge on any atom is 0.320 e. The van der Waals surface area contributed by atoms with Crippen molar-refractivity contribution in [2.45, 2.75) is 50.7 Å². The maximum atomic E-state index is 13.9. The monoisotopic (exact) mass is 343 g/mol. The molecule has 1 aromatic heterocycles. The second-order valence-electron chi connectivity index (χ2n) is 7.12. The van der Waals surface area contributed by atoms with Crippen molar-refractivity contribution in [3.63, 3.8) is 0 Å². The number of carboxylic acids is 1. The molecule has 2 fully saturated rings. The molecule has 0 amide bonds. The van der Waals surface area contributed by atoms with Gasteiger partial charge in [-0.1, -0.05) is 25.0 Å². The molecule has 132 valence electrons. The Morgan fingerprint density at radius 1 is 1.20 bits per heavy atom. The molecule has 1 N–H and O–H groups in total. The van der Waals surface area contributed by atoms with Crippen LogP contribution in [0.1, 0.15) is 37.9 Å². The quantitative estimate of drug-likeness (QED) is 0.899. The zero-order valence-electron chi connectivity index (χ0n) is 14.0. The normalized spacial score (nSPS) is 26.5. The molecule has 4 nitrogen and oxygen atoms in total. The molecule has 1 aliphatic carbocycles. The topological polar surface area (TPSA) is 53.7 Å². The van der Waals surface area contributed by atoms with Crippen LogP contribution in [0.3, 0.4) is 0 Å². The largest absolute Gasteiger partial charge is 0.480 e. The number of hydrogen-bond acceptors (Lipinski definition) is 3. The number of furan rings is 1. The summed E-state index contributed by atoms with van der Waals surface area (Å²) < 4.78 is 19.8. The molecule has 1 aliphatic heterocycles. The van der Waals surface area contributed by atoms with Gasteiger partial charge in [-0.25, -0.2) is 4.39 Å². The molecule has 0 spiro atoms. The molecule has 2 heterocycles. The first-order valence-electron chi connectivity index (χ1n) is 8.95. The molecule has 1 aromatic carbocycles. The number of carboxylic acid groups (broad SMARTS) is 1. The van der Waals surface area contributed by atoms with Crippen molar-refractivity contribution in [3.8, 4) is 11.3 Å². The Labute approximate surface area is 146 Å². The standard InChI is InChI=1S/C20H22FNO3/c21-16-7-3-2-6-15(16)19-10-9-14(25-19)12-22-17-8-4-1-5-13(17)11-18(22)20(23)24/h2-3,6-7,9-10,13,17-18H,1,4-5,8,11-12H2,(H,23,24). The van der Waals surface area contributed by atoms with Crippen LogP contribution in [0.5, 0.6) is 0 Å². The number of hydrogen-bond donors (Lipinski definition) is 1. The number of likely N-dealkylation sites (tertiary alicyclic amines) is 1. The van der Waals surface area contributed by atoms with E-state index in [4.69, 9.17) is 4.42 Å². The van der Waals surface area contributed by atoms with Gasteiger partial charge < -0.3 is 9.52 Å². The number of halogens is 1. The third kappa shape index (κ3) is 3.09. The Bertz CT molecular complexity index is 772. The summed E-state index contributed by atoms with van der Waals surface area (Å²) in [5, 5.41) is 9.61. The van der Waals surface area contributed by atoms with Crippen molar-refractivity contribution in [1.82, 2.24) is 4.90 Å². The fourth-order valence-corrected chi connectivity index (χ4v) is 4.47. The smallest absolute Gasteiger partial charge is 0.320 e. The fourth-order valence-electron chi connectivity index (χ4n) is 4.47. The van der Waals surface area contributed by atoms with E-state index in [1.807, 2.05) is 6.07 Å². The average molecular weight is 343 g/mol. The average Bonchev–Trinajstić information content (AvgIpc) is 3.21. The van der Waals surface area contributed by atoms with E-state index in [0.29, 0.717) is 35.6 Å². The lowest BCUT2D eigenvalue weighted by molar-refractivity contribution is -0.143. The molecule has 0 bridgehead atoms. The lowest BCUT2D eigenvalue weighted by Gasteiger charge is -2.32. The minimum Gasteiger partial charge on any atom is -0.480 e. The predicted molar refractivity (Wildman–Crippen MR) is 91.4 cm³/mol. The van der Waals surface area contributed by atoms with Crippen molar-refractivity contribution in [3.05, 3.63) is 48.0 Å². The summed E-state index contributed by atoms with van der Waals surface area (Å²) >= 11 is 0. The van der Waals surface area contributed by atoms with Gasteiger partial charge in [0.05, 0.1) is 12.1 Å². The molecular weight excluding hydrogens is 321 g/mol. The first-order valence-corrected chi connectivity index (χ1v) is 8.95. The Morgan fingerprint density at radius 2 is 2.00 bits per heavy atom. The van der Waals surface area contributed by atoms with Gasteiger partial charge in [0.2, 0.25) is 0 Å². The van der Waals surface area contributed by atoms with Gasteiger partial charge in [0.25, 0.3) is 0 Å². The SMILES string of the molecule is O=C(O)C1CC2CCCCC2N1Cc1ccc(-c2ccccc2F)o1. The Balaban J connectivity index is 1.56. The number of nitrogens with zero attached hydrogens (tertiary/aromatic N) is 1. The van der Waals surface area contributed by atoms with Crippen LogP contribution in [0.4, 0.5) is 4.39 Å². The van der Waals surface area contributed by atoms with E-state index in [0.717, 1.165) is 25.7 Å². The van der Waals surface area contributed by atoms with Gasteiger partial charge in [0, 0.05) is 6.04 Å². The molecule has 2 aliphatic rings. The van der Waals surface area contributed by atoms with Gasteiger partial charge in [-0.15, -0.1) is 0 Å². The highest BCUT2D eigenvalue weighted by Crippen LogP contribution is 2.41. The third-order valence-corrected chi connectivity index (χ3v) is 5.65. The fraction of sp³-hybridized carbons (Fsp3) is 0.450.